The van der Waals surface area contributed by atoms with Crippen LogP contribution in [0.3, 0.4) is 0 Å². The molecule has 0 bridgehead atoms. The first-order valence-corrected chi connectivity index (χ1v) is 7.05. The molecule has 90 valence electrons. The highest BCUT2D eigenvalue weighted by Crippen LogP contribution is 2.33. The normalized spacial score (nSPS) is 12.8. The molecule has 2 aromatic heterocycles. The smallest absolute Gasteiger partial charge is 0.123 e. The number of aromatic nitrogens is 2. The van der Waals surface area contributed by atoms with E-state index >= 15 is 0 Å². The number of pyridine rings is 1. The summed E-state index contributed by atoms with van der Waals surface area (Å²) in [6.45, 7) is 0. The molecule has 0 aliphatic carbocycles. The van der Waals surface area contributed by atoms with E-state index in [4.69, 9.17) is 0 Å². The van der Waals surface area contributed by atoms with E-state index < -0.39 is 6.10 Å². The minimum atomic E-state index is -0.681. The molecule has 0 amide bonds. The average Bonchev–Trinajstić information content (AvgIpc) is 2.83. The van der Waals surface area contributed by atoms with Crippen molar-refractivity contribution in [2.75, 3.05) is 0 Å². The lowest BCUT2D eigenvalue weighted by Gasteiger charge is -2.11. The fourth-order valence-electron chi connectivity index (χ4n) is 1.92. The molecule has 3 rings (SSSR count). The number of para-hydroxylation sites is 1. The van der Waals surface area contributed by atoms with Gasteiger partial charge in [0.25, 0.3) is 0 Å². The second-order valence-corrected chi connectivity index (χ2v) is 5.46. The van der Waals surface area contributed by atoms with Crippen LogP contribution in [0.2, 0.25) is 0 Å². The van der Waals surface area contributed by atoms with Crippen molar-refractivity contribution in [1.29, 1.82) is 0 Å². The van der Waals surface area contributed by atoms with Crippen LogP contribution in [0.15, 0.2) is 46.6 Å². The van der Waals surface area contributed by atoms with Gasteiger partial charge in [-0.05, 0) is 33.6 Å². The van der Waals surface area contributed by atoms with Crippen molar-refractivity contribution in [3.05, 3.63) is 57.1 Å². The van der Waals surface area contributed by atoms with Gasteiger partial charge in [-0.25, -0.2) is 4.98 Å². The molecule has 2 heterocycles. The molecule has 0 spiro atoms. The van der Waals surface area contributed by atoms with E-state index in [1.807, 2.05) is 30.3 Å². The summed E-state index contributed by atoms with van der Waals surface area (Å²) in [5, 5.41) is 11.4. The van der Waals surface area contributed by atoms with E-state index in [1.165, 1.54) is 11.3 Å². The number of hydrogen-bond donors (Lipinski definition) is 1. The molecule has 0 aliphatic rings. The SMILES string of the molecule is OC(c1scnc1Br)c1ccnc2ccccc12. The van der Waals surface area contributed by atoms with Gasteiger partial charge in [0.1, 0.15) is 10.7 Å². The van der Waals surface area contributed by atoms with E-state index in [1.54, 1.807) is 11.7 Å². The number of hydrogen-bond acceptors (Lipinski definition) is 4. The summed E-state index contributed by atoms with van der Waals surface area (Å²) >= 11 is 4.78. The van der Waals surface area contributed by atoms with E-state index in [2.05, 4.69) is 25.9 Å². The van der Waals surface area contributed by atoms with Crippen LogP contribution in [0.4, 0.5) is 0 Å². The summed E-state index contributed by atoms with van der Waals surface area (Å²) in [5.41, 5.74) is 3.45. The minimum absolute atomic E-state index is 0.681. The lowest BCUT2D eigenvalue weighted by Crippen LogP contribution is -1.99. The van der Waals surface area contributed by atoms with Crippen LogP contribution in [0, 0.1) is 0 Å². The second-order valence-electron chi connectivity index (χ2n) is 3.83. The number of rotatable bonds is 2. The van der Waals surface area contributed by atoms with Gasteiger partial charge in [0.15, 0.2) is 0 Å². The highest BCUT2D eigenvalue weighted by molar-refractivity contribution is 9.10. The number of nitrogens with zero attached hydrogens (tertiary/aromatic N) is 2. The molecule has 0 saturated heterocycles. The van der Waals surface area contributed by atoms with Gasteiger partial charge in [0.2, 0.25) is 0 Å². The molecular weight excluding hydrogens is 312 g/mol. The number of halogens is 1. The second kappa shape index (κ2) is 4.76. The monoisotopic (exact) mass is 320 g/mol. The zero-order valence-electron chi connectivity index (χ0n) is 9.25. The number of thiazole rings is 1. The summed E-state index contributed by atoms with van der Waals surface area (Å²) < 4.78 is 0.695. The summed E-state index contributed by atoms with van der Waals surface area (Å²) in [6.07, 6.45) is 1.04. The Morgan fingerprint density at radius 3 is 2.78 bits per heavy atom. The van der Waals surface area contributed by atoms with Gasteiger partial charge in [0, 0.05) is 11.6 Å². The number of benzene rings is 1. The fourth-order valence-corrected chi connectivity index (χ4v) is 3.33. The molecule has 1 aromatic carbocycles. The van der Waals surface area contributed by atoms with Crippen molar-refractivity contribution in [3.63, 3.8) is 0 Å². The Balaban J connectivity index is 2.18. The molecular formula is C13H9BrN2OS. The van der Waals surface area contributed by atoms with Gasteiger partial charge in [-0.2, -0.15) is 0 Å². The zero-order chi connectivity index (χ0) is 12.5. The zero-order valence-corrected chi connectivity index (χ0v) is 11.6. The average molecular weight is 321 g/mol. The lowest BCUT2D eigenvalue weighted by molar-refractivity contribution is 0.224. The highest BCUT2D eigenvalue weighted by Gasteiger charge is 2.18. The Labute approximate surface area is 116 Å². The van der Waals surface area contributed by atoms with E-state index in [-0.39, 0.29) is 0 Å². The van der Waals surface area contributed by atoms with Crippen LogP contribution < -0.4 is 0 Å². The van der Waals surface area contributed by atoms with Crippen LogP contribution >= 0.6 is 27.3 Å². The number of fused-ring (bicyclic) bond motifs is 1. The van der Waals surface area contributed by atoms with Crippen LogP contribution in [0.1, 0.15) is 16.5 Å². The molecule has 18 heavy (non-hydrogen) atoms. The summed E-state index contributed by atoms with van der Waals surface area (Å²) in [4.78, 5) is 9.21. The Morgan fingerprint density at radius 2 is 2.00 bits per heavy atom. The lowest BCUT2D eigenvalue weighted by atomic mass is 10.0. The summed E-state index contributed by atoms with van der Waals surface area (Å²) in [5.74, 6) is 0. The largest absolute Gasteiger partial charge is 0.383 e. The van der Waals surface area contributed by atoms with Gasteiger partial charge in [-0.3, -0.25) is 4.98 Å². The maximum absolute atomic E-state index is 10.5. The Bertz CT molecular complexity index is 693. The van der Waals surface area contributed by atoms with Crippen molar-refractivity contribution in [3.8, 4) is 0 Å². The Hall–Kier alpha value is -1.30. The van der Waals surface area contributed by atoms with Gasteiger partial charge in [0.05, 0.1) is 15.9 Å². The molecule has 3 aromatic rings. The predicted octanol–water partition coefficient (Wildman–Crippen LogP) is 3.54. The fraction of sp³-hybridized carbons (Fsp3) is 0.0769. The molecule has 0 fully saturated rings. The maximum Gasteiger partial charge on any atom is 0.123 e. The molecule has 0 radical (unpaired) electrons. The van der Waals surface area contributed by atoms with Crippen LogP contribution in [-0.4, -0.2) is 15.1 Å². The molecule has 0 saturated carbocycles. The standard InChI is InChI=1S/C13H9BrN2OS/c14-13-12(18-7-16-13)11(17)9-5-6-15-10-4-2-1-3-8(9)10/h1-7,11,17H. The quantitative estimate of drug-likeness (QED) is 0.785. The molecule has 1 atom stereocenters. The van der Waals surface area contributed by atoms with Crippen molar-refractivity contribution in [2.45, 2.75) is 6.10 Å². The third-order valence-electron chi connectivity index (χ3n) is 2.77. The topological polar surface area (TPSA) is 46.0 Å². The Kier molecular flexibility index (Phi) is 3.11. The molecule has 1 N–H and O–H groups in total. The van der Waals surface area contributed by atoms with Crippen molar-refractivity contribution in [1.82, 2.24) is 9.97 Å². The van der Waals surface area contributed by atoms with Crippen molar-refractivity contribution < 1.29 is 5.11 Å². The molecule has 0 aliphatic heterocycles. The third kappa shape index (κ3) is 1.94. The third-order valence-corrected chi connectivity index (χ3v) is 4.55. The van der Waals surface area contributed by atoms with E-state index in [0.29, 0.717) is 4.60 Å². The Morgan fingerprint density at radius 1 is 1.17 bits per heavy atom. The van der Waals surface area contributed by atoms with Crippen LogP contribution in [0.5, 0.6) is 0 Å². The minimum Gasteiger partial charge on any atom is -0.383 e. The first kappa shape index (κ1) is 11.8. The van der Waals surface area contributed by atoms with Gasteiger partial charge in [-0.1, -0.05) is 18.2 Å². The first-order chi connectivity index (χ1) is 8.77. The highest BCUT2D eigenvalue weighted by atomic mass is 79.9. The summed E-state index contributed by atoms with van der Waals surface area (Å²) in [6, 6.07) is 9.64. The van der Waals surface area contributed by atoms with E-state index in [0.717, 1.165) is 21.3 Å². The van der Waals surface area contributed by atoms with Crippen LogP contribution in [-0.2, 0) is 0 Å². The van der Waals surface area contributed by atoms with Gasteiger partial charge < -0.3 is 5.11 Å². The van der Waals surface area contributed by atoms with Crippen molar-refractivity contribution >= 4 is 38.2 Å². The molecule has 1 unspecified atom stereocenters. The number of aliphatic hydroxyl groups is 1. The van der Waals surface area contributed by atoms with Gasteiger partial charge in [-0.15, -0.1) is 11.3 Å². The molecule has 3 nitrogen and oxygen atoms in total. The van der Waals surface area contributed by atoms with Crippen molar-refractivity contribution in [2.24, 2.45) is 0 Å². The predicted molar refractivity (Wildman–Crippen MR) is 75.6 cm³/mol. The first-order valence-electron chi connectivity index (χ1n) is 5.38. The molecule has 5 heteroatoms. The van der Waals surface area contributed by atoms with Gasteiger partial charge >= 0.3 is 0 Å². The number of aliphatic hydroxyl groups excluding tert-OH is 1. The maximum atomic E-state index is 10.5. The van der Waals surface area contributed by atoms with Crippen LogP contribution in [0.25, 0.3) is 10.9 Å². The summed E-state index contributed by atoms with van der Waals surface area (Å²) in [7, 11) is 0. The van der Waals surface area contributed by atoms with E-state index in [9.17, 15) is 5.11 Å².